The average molecular weight is 244 g/mol. The van der Waals surface area contributed by atoms with Gasteiger partial charge in [0.1, 0.15) is 6.61 Å². The molecule has 1 atom stereocenters. The van der Waals surface area contributed by atoms with Crippen LogP contribution in [0, 0.1) is 0 Å². The zero-order chi connectivity index (χ0) is 12.5. The van der Waals surface area contributed by atoms with Gasteiger partial charge >= 0.3 is 0 Å². The van der Waals surface area contributed by atoms with Gasteiger partial charge in [0.25, 0.3) is 0 Å². The summed E-state index contributed by atoms with van der Waals surface area (Å²) < 4.78 is 10.5. The van der Waals surface area contributed by atoms with Crippen molar-refractivity contribution in [2.45, 2.75) is 25.9 Å². The van der Waals surface area contributed by atoms with Crippen LogP contribution < -0.4 is 10.6 Å². The van der Waals surface area contributed by atoms with Gasteiger partial charge in [-0.1, -0.05) is 0 Å². The van der Waals surface area contributed by atoms with Crippen molar-refractivity contribution in [2.24, 2.45) is 0 Å². The summed E-state index contributed by atoms with van der Waals surface area (Å²) in [5, 5.41) is 5.06. The van der Waals surface area contributed by atoms with E-state index in [2.05, 4.69) is 10.6 Å². The van der Waals surface area contributed by atoms with Gasteiger partial charge < -0.3 is 20.1 Å². The van der Waals surface area contributed by atoms with Crippen molar-refractivity contribution in [3.63, 3.8) is 0 Å². The predicted octanol–water partition coefficient (Wildman–Crippen LogP) is -0.566. The Morgan fingerprint density at radius 2 is 2.18 bits per heavy atom. The van der Waals surface area contributed by atoms with Crippen LogP contribution in [0.2, 0.25) is 0 Å². The number of hydrogen-bond acceptors (Lipinski definition) is 4. The van der Waals surface area contributed by atoms with Crippen LogP contribution in [0.5, 0.6) is 0 Å². The monoisotopic (exact) mass is 244 g/mol. The smallest absolute Gasteiger partial charge is 0.246 e. The molecular weight excluding hydrogens is 224 g/mol. The Hall–Kier alpha value is -1.14. The van der Waals surface area contributed by atoms with Crippen LogP contribution in [0.15, 0.2) is 0 Å². The zero-order valence-electron chi connectivity index (χ0n) is 10.2. The molecule has 0 aliphatic carbocycles. The van der Waals surface area contributed by atoms with E-state index < -0.39 is 0 Å². The number of ether oxygens (including phenoxy) is 2. The van der Waals surface area contributed by atoms with Crippen LogP contribution in [0.1, 0.15) is 19.8 Å². The highest BCUT2D eigenvalue weighted by Crippen LogP contribution is 2.11. The summed E-state index contributed by atoms with van der Waals surface area (Å²) in [6.45, 7) is 3.57. The molecule has 1 rings (SSSR count). The molecule has 1 aliphatic heterocycles. The van der Waals surface area contributed by atoms with E-state index in [0.29, 0.717) is 13.2 Å². The minimum Gasteiger partial charge on any atom is -0.376 e. The highest BCUT2D eigenvalue weighted by molar-refractivity contribution is 5.85. The molecule has 0 aromatic heterocycles. The van der Waals surface area contributed by atoms with Gasteiger partial charge in [-0.15, -0.1) is 0 Å². The molecule has 17 heavy (non-hydrogen) atoms. The van der Waals surface area contributed by atoms with E-state index in [4.69, 9.17) is 9.47 Å². The van der Waals surface area contributed by atoms with Crippen LogP contribution in [0.25, 0.3) is 0 Å². The largest absolute Gasteiger partial charge is 0.376 e. The zero-order valence-corrected chi connectivity index (χ0v) is 10.2. The van der Waals surface area contributed by atoms with Crippen molar-refractivity contribution in [3.05, 3.63) is 0 Å². The lowest BCUT2D eigenvalue weighted by Crippen LogP contribution is -2.38. The van der Waals surface area contributed by atoms with E-state index >= 15 is 0 Å². The number of amides is 2. The first-order valence-corrected chi connectivity index (χ1v) is 5.95. The van der Waals surface area contributed by atoms with Gasteiger partial charge in [-0.3, -0.25) is 9.59 Å². The molecule has 6 nitrogen and oxygen atoms in total. The molecule has 0 radical (unpaired) electrons. The van der Waals surface area contributed by atoms with Crippen molar-refractivity contribution in [1.82, 2.24) is 10.6 Å². The lowest BCUT2D eigenvalue weighted by atomic mass is 10.2. The van der Waals surface area contributed by atoms with E-state index in [1.165, 1.54) is 0 Å². The van der Waals surface area contributed by atoms with E-state index in [1.807, 2.05) is 6.92 Å². The van der Waals surface area contributed by atoms with E-state index in [1.54, 1.807) is 0 Å². The van der Waals surface area contributed by atoms with Crippen molar-refractivity contribution in [3.8, 4) is 0 Å². The summed E-state index contributed by atoms with van der Waals surface area (Å²) in [5.74, 6) is -0.478. The fourth-order valence-electron chi connectivity index (χ4n) is 1.55. The fraction of sp³-hybridized carbons (Fsp3) is 0.818. The van der Waals surface area contributed by atoms with Gasteiger partial charge in [0.15, 0.2) is 0 Å². The van der Waals surface area contributed by atoms with Gasteiger partial charge in [-0.25, -0.2) is 0 Å². The van der Waals surface area contributed by atoms with Gasteiger partial charge in [-0.2, -0.15) is 0 Å². The lowest BCUT2D eigenvalue weighted by Gasteiger charge is -2.10. The van der Waals surface area contributed by atoms with E-state index in [9.17, 15) is 9.59 Å². The van der Waals surface area contributed by atoms with Crippen molar-refractivity contribution in [2.75, 3.05) is 32.9 Å². The van der Waals surface area contributed by atoms with Crippen molar-refractivity contribution < 1.29 is 19.1 Å². The molecule has 6 heteroatoms. The molecule has 1 fully saturated rings. The van der Waals surface area contributed by atoms with Crippen molar-refractivity contribution >= 4 is 11.8 Å². The molecule has 2 N–H and O–H groups in total. The van der Waals surface area contributed by atoms with Crippen molar-refractivity contribution in [1.29, 1.82) is 0 Å². The van der Waals surface area contributed by atoms with Crippen LogP contribution >= 0.6 is 0 Å². The van der Waals surface area contributed by atoms with E-state index in [-0.39, 0.29) is 31.1 Å². The second-order valence-corrected chi connectivity index (χ2v) is 3.88. The third kappa shape index (κ3) is 6.23. The normalized spacial score (nSPS) is 19.0. The van der Waals surface area contributed by atoms with Crippen LogP contribution in [0.4, 0.5) is 0 Å². The molecule has 0 aromatic carbocycles. The molecule has 0 spiro atoms. The summed E-state index contributed by atoms with van der Waals surface area (Å²) >= 11 is 0. The molecule has 0 bridgehead atoms. The molecule has 2 amide bonds. The molecule has 1 unspecified atom stereocenters. The molecule has 0 saturated carbocycles. The summed E-state index contributed by atoms with van der Waals surface area (Å²) in [6, 6.07) is 0. The van der Waals surface area contributed by atoms with E-state index in [0.717, 1.165) is 19.4 Å². The summed E-state index contributed by atoms with van der Waals surface area (Å²) in [6.07, 6.45) is 2.16. The second kappa shape index (κ2) is 8.03. The average Bonchev–Trinajstić information content (AvgIpc) is 2.80. The second-order valence-electron chi connectivity index (χ2n) is 3.88. The maximum Gasteiger partial charge on any atom is 0.246 e. The standard InChI is InChI=1S/C11H20N2O4/c1-2-12-10(14)6-13-11(15)8-16-7-9-4-3-5-17-9/h9H,2-8H2,1H3,(H,12,14)(H,13,15). The number of rotatable bonds is 7. The third-order valence-corrected chi connectivity index (χ3v) is 2.38. The molecule has 1 saturated heterocycles. The molecular formula is C11H20N2O4. The Bertz CT molecular complexity index is 252. The van der Waals surface area contributed by atoms with Gasteiger partial charge in [-0.05, 0) is 19.8 Å². The first-order valence-electron chi connectivity index (χ1n) is 5.95. The maximum atomic E-state index is 11.3. The maximum absolute atomic E-state index is 11.3. The number of carbonyl (C=O) groups is 2. The Balaban J connectivity index is 1.98. The van der Waals surface area contributed by atoms with Gasteiger partial charge in [0, 0.05) is 13.2 Å². The Morgan fingerprint density at radius 1 is 1.35 bits per heavy atom. The number of carbonyl (C=O) groups excluding carboxylic acids is 2. The van der Waals surface area contributed by atoms with Crippen LogP contribution in [-0.2, 0) is 19.1 Å². The topological polar surface area (TPSA) is 76.7 Å². The summed E-state index contributed by atoms with van der Waals surface area (Å²) in [7, 11) is 0. The first kappa shape index (κ1) is 13.9. The van der Waals surface area contributed by atoms with Crippen LogP contribution in [0.3, 0.4) is 0 Å². The lowest BCUT2D eigenvalue weighted by molar-refractivity contribution is -0.129. The molecule has 1 heterocycles. The number of hydrogen-bond donors (Lipinski definition) is 2. The third-order valence-electron chi connectivity index (χ3n) is 2.38. The van der Waals surface area contributed by atoms with Crippen LogP contribution in [-0.4, -0.2) is 50.8 Å². The SMILES string of the molecule is CCNC(=O)CNC(=O)COCC1CCCO1. The first-order chi connectivity index (χ1) is 8.22. The minimum absolute atomic E-state index is 0.00401. The van der Waals surface area contributed by atoms with Gasteiger partial charge in [0.05, 0.1) is 19.3 Å². The quantitative estimate of drug-likeness (QED) is 0.629. The molecule has 1 aliphatic rings. The number of nitrogens with one attached hydrogen (secondary N) is 2. The minimum atomic E-state index is -0.283. The Morgan fingerprint density at radius 3 is 2.82 bits per heavy atom. The molecule has 98 valence electrons. The Kier molecular flexibility index (Phi) is 6.57. The fourth-order valence-corrected chi connectivity index (χ4v) is 1.55. The number of likely N-dealkylation sites (N-methyl/N-ethyl adjacent to an activating group) is 1. The highest BCUT2D eigenvalue weighted by atomic mass is 16.5. The predicted molar refractivity (Wildman–Crippen MR) is 61.5 cm³/mol. The summed E-state index contributed by atoms with van der Waals surface area (Å²) in [4.78, 5) is 22.3. The Labute approximate surface area is 101 Å². The van der Waals surface area contributed by atoms with Gasteiger partial charge in [0.2, 0.25) is 11.8 Å². The molecule has 0 aromatic rings. The summed E-state index contributed by atoms with van der Waals surface area (Å²) in [5.41, 5.74) is 0. The highest BCUT2D eigenvalue weighted by Gasteiger charge is 2.15.